The third-order valence-corrected chi connectivity index (χ3v) is 2.21. The predicted molar refractivity (Wildman–Crippen MR) is 66.1 cm³/mol. The van der Waals surface area contributed by atoms with E-state index in [0.29, 0.717) is 0 Å². The zero-order valence-corrected chi connectivity index (χ0v) is 10.8. The molecule has 1 atom stereocenters. The Balaban J connectivity index is 2.40. The van der Waals surface area contributed by atoms with Crippen LogP contribution in [0.3, 0.4) is 0 Å². The Labute approximate surface area is 110 Å². The molecule has 1 N–H and O–H groups in total. The van der Waals surface area contributed by atoms with E-state index in [0.717, 1.165) is 0 Å². The number of halogens is 1. The molecule has 6 heteroatoms. The minimum Gasteiger partial charge on any atom is -0.481 e. The molecular weight excluding hydrogens is 253 g/mol. The van der Waals surface area contributed by atoms with E-state index < -0.39 is 23.7 Å². The van der Waals surface area contributed by atoms with Gasteiger partial charge in [0.15, 0.2) is 18.2 Å². The van der Waals surface area contributed by atoms with Crippen molar-refractivity contribution in [2.24, 2.45) is 0 Å². The van der Waals surface area contributed by atoms with E-state index in [-0.39, 0.29) is 19.0 Å². The summed E-state index contributed by atoms with van der Waals surface area (Å²) in [5.74, 6) is -1.61. The van der Waals surface area contributed by atoms with E-state index in [1.807, 2.05) is 0 Å². The third-order valence-electron chi connectivity index (χ3n) is 2.21. The van der Waals surface area contributed by atoms with Crippen LogP contribution in [0.25, 0.3) is 0 Å². The maximum absolute atomic E-state index is 13.2. The Bertz CT molecular complexity index is 450. The van der Waals surface area contributed by atoms with E-state index >= 15 is 0 Å². The van der Waals surface area contributed by atoms with Crippen molar-refractivity contribution in [1.82, 2.24) is 5.32 Å². The molecule has 0 aliphatic rings. The summed E-state index contributed by atoms with van der Waals surface area (Å²) in [6, 6.07) is 4.99. The van der Waals surface area contributed by atoms with Gasteiger partial charge in [0.2, 0.25) is 0 Å². The molecule has 0 aromatic heterocycles. The average molecular weight is 269 g/mol. The number of carbonyl (C=O) groups is 2. The number of esters is 1. The molecule has 1 aromatic rings. The van der Waals surface area contributed by atoms with Gasteiger partial charge in [-0.3, -0.25) is 4.79 Å². The van der Waals surface area contributed by atoms with Crippen LogP contribution in [0.2, 0.25) is 0 Å². The molecule has 0 heterocycles. The average Bonchev–Trinajstić information content (AvgIpc) is 2.38. The summed E-state index contributed by atoms with van der Waals surface area (Å²) in [5.41, 5.74) is 0. The molecular formula is C13H16FNO4. The number of para-hydroxylation sites is 1. The van der Waals surface area contributed by atoms with Crippen molar-refractivity contribution < 1.29 is 23.5 Å². The van der Waals surface area contributed by atoms with Gasteiger partial charge in [0.05, 0.1) is 6.61 Å². The molecule has 1 rings (SSSR count). The molecule has 0 bridgehead atoms. The van der Waals surface area contributed by atoms with Gasteiger partial charge in [0.1, 0.15) is 6.04 Å². The second kappa shape index (κ2) is 7.35. The molecule has 0 radical (unpaired) electrons. The van der Waals surface area contributed by atoms with Gasteiger partial charge in [0.25, 0.3) is 5.91 Å². The second-order valence-corrected chi connectivity index (χ2v) is 3.76. The summed E-state index contributed by atoms with van der Waals surface area (Å²) < 4.78 is 22.9. The Morgan fingerprint density at radius 3 is 2.68 bits per heavy atom. The van der Waals surface area contributed by atoms with Crippen molar-refractivity contribution in [3.8, 4) is 5.75 Å². The van der Waals surface area contributed by atoms with Gasteiger partial charge in [-0.2, -0.15) is 0 Å². The van der Waals surface area contributed by atoms with Crippen molar-refractivity contribution in [3.05, 3.63) is 30.1 Å². The van der Waals surface area contributed by atoms with E-state index in [4.69, 9.17) is 9.47 Å². The molecule has 1 aromatic carbocycles. The lowest BCUT2D eigenvalue weighted by molar-refractivity contribution is -0.147. The van der Waals surface area contributed by atoms with Gasteiger partial charge < -0.3 is 14.8 Å². The lowest BCUT2D eigenvalue weighted by Crippen LogP contribution is -2.41. The topological polar surface area (TPSA) is 64.6 Å². The number of hydrogen-bond donors (Lipinski definition) is 1. The number of rotatable bonds is 6. The maximum Gasteiger partial charge on any atom is 0.328 e. The van der Waals surface area contributed by atoms with Crippen LogP contribution in [0, 0.1) is 5.82 Å². The monoisotopic (exact) mass is 269 g/mol. The number of hydrogen-bond acceptors (Lipinski definition) is 4. The Morgan fingerprint density at radius 1 is 1.37 bits per heavy atom. The van der Waals surface area contributed by atoms with Crippen LogP contribution in [0.4, 0.5) is 4.39 Å². The van der Waals surface area contributed by atoms with E-state index in [1.165, 1.54) is 25.1 Å². The van der Waals surface area contributed by atoms with Crippen molar-refractivity contribution in [1.29, 1.82) is 0 Å². The maximum atomic E-state index is 13.2. The highest BCUT2D eigenvalue weighted by Gasteiger charge is 2.16. The molecule has 5 nitrogen and oxygen atoms in total. The SMILES string of the molecule is CCOC(=O)C(C)NC(=O)COc1ccccc1F. The van der Waals surface area contributed by atoms with Gasteiger partial charge in [0, 0.05) is 0 Å². The fourth-order valence-corrected chi connectivity index (χ4v) is 1.31. The fraction of sp³-hybridized carbons (Fsp3) is 0.385. The zero-order valence-electron chi connectivity index (χ0n) is 10.8. The number of benzene rings is 1. The lowest BCUT2D eigenvalue weighted by atomic mass is 10.3. The molecule has 0 aliphatic heterocycles. The van der Waals surface area contributed by atoms with Crippen LogP contribution in [0.15, 0.2) is 24.3 Å². The molecule has 0 fully saturated rings. The van der Waals surface area contributed by atoms with Crippen molar-refractivity contribution >= 4 is 11.9 Å². The first-order chi connectivity index (χ1) is 9.04. The van der Waals surface area contributed by atoms with Gasteiger partial charge in [-0.1, -0.05) is 12.1 Å². The number of nitrogens with one attached hydrogen (secondary N) is 1. The molecule has 104 valence electrons. The van der Waals surface area contributed by atoms with Crippen LogP contribution in [-0.4, -0.2) is 31.1 Å². The normalized spacial score (nSPS) is 11.5. The summed E-state index contributed by atoms with van der Waals surface area (Å²) >= 11 is 0. The Kier molecular flexibility index (Phi) is 5.78. The van der Waals surface area contributed by atoms with E-state index in [1.54, 1.807) is 13.0 Å². The summed E-state index contributed by atoms with van der Waals surface area (Å²) in [7, 11) is 0. The van der Waals surface area contributed by atoms with Crippen molar-refractivity contribution in [3.63, 3.8) is 0 Å². The largest absolute Gasteiger partial charge is 0.481 e. The fourth-order valence-electron chi connectivity index (χ4n) is 1.31. The smallest absolute Gasteiger partial charge is 0.328 e. The minimum atomic E-state index is -0.767. The lowest BCUT2D eigenvalue weighted by Gasteiger charge is -2.13. The van der Waals surface area contributed by atoms with Crippen LogP contribution in [0.5, 0.6) is 5.75 Å². The minimum absolute atomic E-state index is 0.0126. The third kappa shape index (κ3) is 4.95. The van der Waals surface area contributed by atoms with Crippen molar-refractivity contribution in [2.75, 3.05) is 13.2 Å². The van der Waals surface area contributed by atoms with Gasteiger partial charge in [-0.25, -0.2) is 9.18 Å². The van der Waals surface area contributed by atoms with Gasteiger partial charge in [-0.15, -0.1) is 0 Å². The quantitative estimate of drug-likeness (QED) is 0.790. The van der Waals surface area contributed by atoms with E-state index in [2.05, 4.69) is 5.32 Å². The highest BCUT2D eigenvalue weighted by molar-refractivity contribution is 5.84. The predicted octanol–water partition coefficient (Wildman–Crippen LogP) is 1.27. The summed E-state index contributed by atoms with van der Waals surface area (Å²) in [4.78, 5) is 22.7. The number of carbonyl (C=O) groups excluding carboxylic acids is 2. The molecule has 0 spiro atoms. The first-order valence-corrected chi connectivity index (χ1v) is 5.88. The molecule has 0 saturated heterocycles. The second-order valence-electron chi connectivity index (χ2n) is 3.76. The zero-order chi connectivity index (χ0) is 14.3. The standard InChI is InChI=1S/C13H16FNO4/c1-3-18-13(17)9(2)15-12(16)8-19-11-7-5-4-6-10(11)14/h4-7,9H,3,8H2,1-2H3,(H,15,16). The first kappa shape index (κ1) is 14.9. The molecule has 0 saturated carbocycles. The van der Waals surface area contributed by atoms with Crippen LogP contribution in [-0.2, 0) is 14.3 Å². The molecule has 1 unspecified atom stereocenters. The van der Waals surface area contributed by atoms with E-state index in [9.17, 15) is 14.0 Å². The Hall–Kier alpha value is -2.11. The highest BCUT2D eigenvalue weighted by atomic mass is 19.1. The molecule has 0 aliphatic carbocycles. The van der Waals surface area contributed by atoms with Gasteiger partial charge >= 0.3 is 5.97 Å². The van der Waals surface area contributed by atoms with Crippen molar-refractivity contribution in [2.45, 2.75) is 19.9 Å². The molecule has 1 amide bonds. The van der Waals surface area contributed by atoms with Crippen LogP contribution >= 0.6 is 0 Å². The van der Waals surface area contributed by atoms with Crippen LogP contribution in [0.1, 0.15) is 13.8 Å². The van der Waals surface area contributed by atoms with Crippen LogP contribution < -0.4 is 10.1 Å². The Morgan fingerprint density at radius 2 is 2.05 bits per heavy atom. The molecule has 19 heavy (non-hydrogen) atoms. The summed E-state index contributed by atoms with van der Waals surface area (Å²) in [6.07, 6.45) is 0. The summed E-state index contributed by atoms with van der Waals surface area (Å²) in [5, 5.41) is 2.39. The summed E-state index contributed by atoms with van der Waals surface area (Å²) in [6.45, 7) is 3.04. The first-order valence-electron chi connectivity index (χ1n) is 5.88. The van der Waals surface area contributed by atoms with Gasteiger partial charge in [-0.05, 0) is 26.0 Å². The highest BCUT2D eigenvalue weighted by Crippen LogP contribution is 2.14. The number of amides is 1. The number of ether oxygens (including phenoxy) is 2.